The minimum atomic E-state index is -0.184. The Balaban J connectivity index is 1.50. The summed E-state index contributed by atoms with van der Waals surface area (Å²) in [6.07, 6.45) is 0. The van der Waals surface area contributed by atoms with E-state index in [9.17, 15) is 9.59 Å². The summed E-state index contributed by atoms with van der Waals surface area (Å²) < 4.78 is 2.03. The molecule has 37 heavy (non-hydrogen) atoms. The molecule has 0 saturated carbocycles. The molecule has 0 spiro atoms. The zero-order chi connectivity index (χ0) is 25.9. The van der Waals surface area contributed by atoms with Crippen molar-refractivity contribution in [1.29, 1.82) is 0 Å². The van der Waals surface area contributed by atoms with Gasteiger partial charge in [0.05, 0.1) is 0 Å². The molecule has 4 aromatic carbocycles. The number of carbonyl (C=O) groups is 2. The number of para-hydroxylation sites is 1. The maximum atomic E-state index is 13.4. The summed E-state index contributed by atoms with van der Waals surface area (Å²) in [5, 5.41) is 6.89. The van der Waals surface area contributed by atoms with Crippen LogP contribution in [0.25, 0.3) is 10.9 Å². The maximum absolute atomic E-state index is 13.4. The van der Waals surface area contributed by atoms with Crippen LogP contribution < -0.4 is 10.6 Å². The van der Waals surface area contributed by atoms with E-state index in [1.54, 1.807) is 0 Å². The monoisotopic (exact) mass is 487 g/mol. The van der Waals surface area contributed by atoms with Crippen molar-refractivity contribution in [1.82, 2.24) is 4.57 Å². The molecule has 0 unspecified atom stereocenters. The van der Waals surface area contributed by atoms with Gasteiger partial charge in [0.15, 0.2) is 0 Å². The molecule has 0 aliphatic carbocycles. The number of hydrogen-bond acceptors (Lipinski definition) is 2. The largest absolute Gasteiger partial charge is 0.332 e. The van der Waals surface area contributed by atoms with Gasteiger partial charge < -0.3 is 15.2 Å². The average molecular weight is 488 g/mol. The van der Waals surface area contributed by atoms with Crippen LogP contribution in [0.4, 0.5) is 11.4 Å². The lowest BCUT2D eigenvalue weighted by atomic mass is 10.1. The van der Waals surface area contributed by atoms with Crippen molar-refractivity contribution in [3.63, 3.8) is 0 Å². The fraction of sp³-hybridized carbons (Fsp3) is 0.125. The summed E-state index contributed by atoms with van der Waals surface area (Å²) >= 11 is 0. The van der Waals surface area contributed by atoms with E-state index >= 15 is 0 Å². The molecule has 0 fully saturated rings. The fourth-order valence-corrected chi connectivity index (χ4v) is 4.50. The molecule has 0 atom stereocenters. The summed E-state index contributed by atoms with van der Waals surface area (Å²) in [6, 6.07) is 31.0. The number of rotatable bonds is 6. The predicted molar refractivity (Wildman–Crippen MR) is 150 cm³/mol. The van der Waals surface area contributed by atoms with Crippen molar-refractivity contribution < 1.29 is 9.59 Å². The summed E-state index contributed by atoms with van der Waals surface area (Å²) in [5.74, 6) is -0.348. The van der Waals surface area contributed by atoms with E-state index < -0.39 is 0 Å². The van der Waals surface area contributed by atoms with Crippen LogP contribution in [0.1, 0.15) is 43.1 Å². The second-order valence-electron chi connectivity index (χ2n) is 9.45. The Morgan fingerprint density at radius 3 is 2.22 bits per heavy atom. The number of benzene rings is 4. The highest BCUT2D eigenvalue weighted by molar-refractivity contribution is 6.08. The van der Waals surface area contributed by atoms with Crippen molar-refractivity contribution in [2.75, 3.05) is 10.6 Å². The van der Waals surface area contributed by atoms with Crippen molar-refractivity contribution in [2.24, 2.45) is 0 Å². The van der Waals surface area contributed by atoms with Gasteiger partial charge in [0.2, 0.25) is 0 Å². The molecule has 1 aromatic heterocycles. The van der Waals surface area contributed by atoms with E-state index in [0.29, 0.717) is 23.5 Å². The molecular weight excluding hydrogens is 458 g/mol. The van der Waals surface area contributed by atoms with Gasteiger partial charge >= 0.3 is 0 Å². The summed E-state index contributed by atoms with van der Waals surface area (Å²) in [4.78, 5) is 26.3. The molecule has 0 radical (unpaired) electrons. The van der Waals surface area contributed by atoms with Gasteiger partial charge in [-0.1, -0.05) is 54.1 Å². The topological polar surface area (TPSA) is 63.1 Å². The second kappa shape index (κ2) is 10.2. The first-order valence-electron chi connectivity index (χ1n) is 12.3. The lowest BCUT2D eigenvalue weighted by molar-refractivity contribution is 0.101. The molecule has 2 N–H and O–H groups in total. The molecule has 5 heteroatoms. The minimum Gasteiger partial charge on any atom is -0.332 e. The van der Waals surface area contributed by atoms with Gasteiger partial charge in [0.25, 0.3) is 11.8 Å². The Labute approximate surface area is 216 Å². The van der Waals surface area contributed by atoms with Crippen LogP contribution >= 0.6 is 0 Å². The van der Waals surface area contributed by atoms with Crippen LogP contribution in [0.15, 0.2) is 97.1 Å². The van der Waals surface area contributed by atoms with Gasteiger partial charge in [-0.15, -0.1) is 0 Å². The first-order valence-corrected chi connectivity index (χ1v) is 12.3. The Morgan fingerprint density at radius 2 is 1.46 bits per heavy atom. The van der Waals surface area contributed by atoms with Gasteiger partial charge in [0, 0.05) is 34.4 Å². The highest BCUT2D eigenvalue weighted by Gasteiger charge is 2.17. The normalized spacial score (nSPS) is 10.9. The first-order chi connectivity index (χ1) is 17.9. The molecule has 5 aromatic rings. The number of hydrogen-bond donors (Lipinski definition) is 2. The molecule has 0 aliphatic heterocycles. The number of carbonyl (C=O) groups excluding carboxylic acids is 2. The van der Waals surface area contributed by atoms with Crippen LogP contribution in [0.5, 0.6) is 0 Å². The molecule has 0 bridgehead atoms. The third-order valence-electron chi connectivity index (χ3n) is 6.62. The fourth-order valence-electron chi connectivity index (χ4n) is 4.50. The van der Waals surface area contributed by atoms with E-state index in [-0.39, 0.29) is 11.8 Å². The third-order valence-corrected chi connectivity index (χ3v) is 6.62. The van der Waals surface area contributed by atoms with Crippen LogP contribution in [0.2, 0.25) is 0 Å². The smallest absolute Gasteiger partial charge is 0.272 e. The Hall–Kier alpha value is -4.64. The molecule has 0 aliphatic rings. The lowest BCUT2D eigenvalue weighted by Gasteiger charge is -2.12. The SMILES string of the molecule is Cc1cccc(Cn2c(C(=O)Nc3ccccc3)cc3cc(NC(=O)c4ccc(C)c(C)c4)ccc32)c1. The number of nitrogens with one attached hydrogen (secondary N) is 2. The van der Waals surface area contributed by atoms with E-state index in [0.717, 1.165) is 33.3 Å². The zero-order valence-corrected chi connectivity index (χ0v) is 21.2. The summed E-state index contributed by atoms with van der Waals surface area (Å²) in [5.41, 5.74) is 8.00. The number of anilines is 2. The molecule has 0 saturated heterocycles. The number of amides is 2. The van der Waals surface area contributed by atoms with Crippen molar-refractivity contribution >= 4 is 34.1 Å². The Kier molecular flexibility index (Phi) is 6.60. The molecule has 5 rings (SSSR count). The third kappa shape index (κ3) is 5.31. The van der Waals surface area contributed by atoms with E-state index in [1.807, 2.05) is 97.3 Å². The van der Waals surface area contributed by atoms with E-state index in [1.165, 1.54) is 5.56 Å². The van der Waals surface area contributed by atoms with Crippen LogP contribution in [-0.2, 0) is 6.54 Å². The highest BCUT2D eigenvalue weighted by atomic mass is 16.2. The standard InChI is InChI=1S/C32H29N3O2/c1-21-8-7-9-24(16-21)20-35-29-15-14-28(34-31(36)25-13-12-22(2)23(3)17-25)18-26(29)19-30(35)32(37)33-27-10-5-4-6-11-27/h4-19H,20H2,1-3H3,(H,33,37)(H,34,36). The molecule has 1 heterocycles. The number of aryl methyl sites for hydroxylation is 3. The van der Waals surface area contributed by atoms with Crippen LogP contribution in [0, 0.1) is 20.8 Å². The maximum Gasteiger partial charge on any atom is 0.272 e. The summed E-state index contributed by atoms with van der Waals surface area (Å²) in [6.45, 7) is 6.64. The number of aromatic nitrogens is 1. The van der Waals surface area contributed by atoms with Gasteiger partial charge in [0.1, 0.15) is 5.69 Å². The molecule has 184 valence electrons. The Morgan fingerprint density at radius 1 is 0.676 bits per heavy atom. The quantitative estimate of drug-likeness (QED) is 0.268. The highest BCUT2D eigenvalue weighted by Crippen LogP contribution is 2.26. The van der Waals surface area contributed by atoms with Crippen molar-refractivity contribution in [2.45, 2.75) is 27.3 Å². The van der Waals surface area contributed by atoms with Crippen molar-refractivity contribution in [3.05, 3.63) is 131 Å². The minimum absolute atomic E-state index is 0.163. The zero-order valence-electron chi connectivity index (χ0n) is 21.2. The molecular formula is C32H29N3O2. The number of nitrogens with zero attached hydrogens (tertiary/aromatic N) is 1. The van der Waals surface area contributed by atoms with Gasteiger partial charge in [-0.2, -0.15) is 0 Å². The van der Waals surface area contributed by atoms with Crippen molar-refractivity contribution in [3.8, 4) is 0 Å². The molecule has 5 nitrogen and oxygen atoms in total. The Bertz CT molecular complexity index is 1620. The van der Waals surface area contributed by atoms with Crippen LogP contribution in [0.3, 0.4) is 0 Å². The molecule has 2 amide bonds. The van der Waals surface area contributed by atoms with Crippen LogP contribution in [-0.4, -0.2) is 16.4 Å². The second-order valence-corrected chi connectivity index (χ2v) is 9.45. The van der Waals surface area contributed by atoms with E-state index in [2.05, 4.69) is 35.8 Å². The van der Waals surface area contributed by atoms with Gasteiger partial charge in [-0.25, -0.2) is 0 Å². The predicted octanol–water partition coefficient (Wildman–Crippen LogP) is 7.12. The lowest BCUT2D eigenvalue weighted by Crippen LogP contribution is -2.17. The van der Waals surface area contributed by atoms with E-state index in [4.69, 9.17) is 0 Å². The average Bonchev–Trinajstić information content (AvgIpc) is 3.24. The summed E-state index contributed by atoms with van der Waals surface area (Å²) in [7, 11) is 0. The van der Waals surface area contributed by atoms with Gasteiger partial charge in [-0.3, -0.25) is 9.59 Å². The number of fused-ring (bicyclic) bond motifs is 1. The van der Waals surface area contributed by atoms with Gasteiger partial charge in [-0.05, 0) is 86.0 Å². The first kappa shape index (κ1) is 24.1.